The molecule has 0 aromatic rings. The maximum atomic E-state index is 7.04. The van der Waals surface area contributed by atoms with Gasteiger partial charge in [0.2, 0.25) is 0 Å². The highest BCUT2D eigenvalue weighted by atomic mass is 35.5. The minimum atomic E-state index is 0. The van der Waals surface area contributed by atoms with E-state index in [9.17, 15) is 0 Å². The summed E-state index contributed by atoms with van der Waals surface area (Å²) in [6.45, 7) is 3.71. The van der Waals surface area contributed by atoms with Crippen LogP contribution in [0.25, 0.3) is 0 Å². The summed E-state index contributed by atoms with van der Waals surface area (Å²) >= 11 is 3.02. The average Bonchev–Trinajstić information content (AvgIpc) is 1.87. The van der Waals surface area contributed by atoms with Crippen LogP contribution < -0.4 is 0 Å². The highest BCUT2D eigenvalue weighted by molar-refractivity contribution is 8.43. The van der Waals surface area contributed by atoms with E-state index in [0.717, 1.165) is 10.7 Å². The first-order valence-electron chi connectivity index (χ1n) is 1.86. The zero-order chi connectivity index (χ0) is 5.28. The van der Waals surface area contributed by atoms with Crippen LogP contribution in [0.2, 0.25) is 0 Å². The Labute approximate surface area is 63.2 Å². The fourth-order valence-corrected chi connectivity index (χ4v) is 2.07. The van der Waals surface area contributed by atoms with Crippen LogP contribution in [0.1, 0.15) is 0 Å². The quantitative estimate of drug-likeness (QED) is 0.599. The molecule has 1 heterocycles. The molecular formula is C4H6ClNS2. The Hall–Kier alpha value is 0.400. The van der Waals surface area contributed by atoms with Crippen molar-refractivity contribution in [1.82, 2.24) is 0 Å². The monoisotopic (exact) mass is 167 g/mol. The third kappa shape index (κ3) is 2.11. The summed E-state index contributed by atoms with van der Waals surface area (Å²) < 4.78 is 0.685. The number of nitrogens with one attached hydrogen (secondary N) is 1. The fraction of sp³-hybridized carbons (Fsp3) is 0.250. The van der Waals surface area contributed by atoms with Crippen molar-refractivity contribution in [2.24, 2.45) is 0 Å². The highest BCUT2D eigenvalue weighted by Crippen LogP contribution is 2.33. The van der Waals surface area contributed by atoms with Gasteiger partial charge in [-0.1, -0.05) is 30.1 Å². The largest absolute Gasteiger partial charge is 0.288 e. The van der Waals surface area contributed by atoms with Crippen LogP contribution in [0.4, 0.5) is 0 Å². The second kappa shape index (κ2) is 3.43. The number of thioether (sulfide) groups is 2. The third-order valence-corrected chi connectivity index (χ3v) is 2.76. The molecule has 0 radical (unpaired) electrons. The standard InChI is InChI=1S/C4H5NS2.ClH/c1-3-2-6-4(5)7-3;/h5H,1-2H2;1H. The molecule has 1 rings (SSSR count). The van der Waals surface area contributed by atoms with Crippen LogP contribution in [0.5, 0.6) is 0 Å². The van der Waals surface area contributed by atoms with Crippen molar-refractivity contribution in [2.75, 3.05) is 5.75 Å². The van der Waals surface area contributed by atoms with Gasteiger partial charge in [-0.15, -0.1) is 12.4 Å². The van der Waals surface area contributed by atoms with Crippen LogP contribution in [0.15, 0.2) is 11.5 Å². The lowest BCUT2D eigenvalue weighted by Gasteiger charge is -1.78. The molecule has 46 valence electrons. The van der Waals surface area contributed by atoms with E-state index in [1.54, 1.807) is 11.8 Å². The Kier molecular flexibility index (Phi) is 3.60. The Morgan fingerprint density at radius 2 is 2.25 bits per heavy atom. The van der Waals surface area contributed by atoms with Gasteiger partial charge >= 0.3 is 0 Å². The predicted octanol–water partition coefficient (Wildman–Crippen LogP) is 2.34. The summed E-state index contributed by atoms with van der Waals surface area (Å²) in [5.41, 5.74) is 0. The molecule has 1 aliphatic heterocycles. The summed E-state index contributed by atoms with van der Waals surface area (Å²) in [4.78, 5) is 1.11. The molecule has 0 atom stereocenters. The van der Waals surface area contributed by atoms with Gasteiger partial charge < -0.3 is 0 Å². The summed E-state index contributed by atoms with van der Waals surface area (Å²) in [6.07, 6.45) is 0. The SMILES string of the molecule is C=C1CSC(=N)S1.Cl. The van der Waals surface area contributed by atoms with Crippen molar-refractivity contribution >= 4 is 40.3 Å². The van der Waals surface area contributed by atoms with Gasteiger partial charge in [-0.2, -0.15) is 0 Å². The summed E-state index contributed by atoms with van der Waals surface area (Å²) in [5, 5.41) is 7.04. The molecule has 0 amide bonds. The molecule has 0 bridgehead atoms. The normalized spacial score (nSPS) is 18.5. The molecular weight excluding hydrogens is 162 g/mol. The van der Waals surface area contributed by atoms with Gasteiger partial charge in [0.1, 0.15) is 4.38 Å². The molecule has 4 heteroatoms. The van der Waals surface area contributed by atoms with Gasteiger partial charge in [-0.3, -0.25) is 5.41 Å². The third-order valence-electron chi connectivity index (χ3n) is 0.601. The number of hydrogen-bond donors (Lipinski definition) is 1. The molecule has 8 heavy (non-hydrogen) atoms. The van der Waals surface area contributed by atoms with Crippen LogP contribution >= 0.6 is 35.9 Å². The molecule has 1 saturated heterocycles. The molecule has 1 N–H and O–H groups in total. The van der Waals surface area contributed by atoms with Crippen molar-refractivity contribution in [2.45, 2.75) is 0 Å². The Morgan fingerprint density at radius 3 is 2.38 bits per heavy atom. The van der Waals surface area contributed by atoms with E-state index in [1.807, 2.05) is 0 Å². The molecule has 0 spiro atoms. The van der Waals surface area contributed by atoms with Crippen LogP contribution in [-0.4, -0.2) is 10.1 Å². The lowest BCUT2D eigenvalue weighted by atomic mass is 10.7. The molecule has 0 unspecified atom stereocenters. The lowest BCUT2D eigenvalue weighted by molar-refractivity contribution is 1.59. The van der Waals surface area contributed by atoms with Crippen molar-refractivity contribution in [1.29, 1.82) is 5.41 Å². The van der Waals surface area contributed by atoms with Crippen LogP contribution in [-0.2, 0) is 0 Å². The van der Waals surface area contributed by atoms with Gasteiger partial charge in [0.25, 0.3) is 0 Å². The average molecular weight is 168 g/mol. The van der Waals surface area contributed by atoms with E-state index in [2.05, 4.69) is 6.58 Å². The molecule has 0 aliphatic carbocycles. The van der Waals surface area contributed by atoms with Crippen molar-refractivity contribution in [3.05, 3.63) is 11.5 Å². The maximum Gasteiger partial charge on any atom is 0.126 e. The zero-order valence-electron chi connectivity index (χ0n) is 4.14. The Balaban J connectivity index is 0.000000490. The minimum absolute atomic E-state index is 0. The highest BCUT2D eigenvalue weighted by Gasteiger charge is 2.10. The van der Waals surface area contributed by atoms with Gasteiger partial charge in [0, 0.05) is 5.75 Å². The van der Waals surface area contributed by atoms with E-state index in [0.29, 0.717) is 4.38 Å². The first-order chi connectivity index (χ1) is 3.29. The number of hydrogen-bond acceptors (Lipinski definition) is 3. The summed E-state index contributed by atoms with van der Waals surface area (Å²) in [6, 6.07) is 0. The summed E-state index contributed by atoms with van der Waals surface area (Å²) in [5.74, 6) is 0.934. The molecule has 1 fully saturated rings. The van der Waals surface area contributed by atoms with Crippen LogP contribution in [0.3, 0.4) is 0 Å². The molecule has 0 saturated carbocycles. The van der Waals surface area contributed by atoms with E-state index in [4.69, 9.17) is 5.41 Å². The van der Waals surface area contributed by atoms with Crippen molar-refractivity contribution < 1.29 is 0 Å². The van der Waals surface area contributed by atoms with Gasteiger partial charge in [0.05, 0.1) is 0 Å². The summed E-state index contributed by atoms with van der Waals surface area (Å²) in [7, 11) is 0. The van der Waals surface area contributed by atoms with E-state index in [1.165, 1.54) is 11.8 Å². The van der Waals surface area contributed by atoms with Gasteiger partial charge in [-0.25, -0.2) is 0 Å². The molecule has 1 nitrogen and oxygen atoms in total. The van der Waals surface area contributed by atoms with E-state index in [-0.39, 0.29) is 12.4 Å². The van der Waals surface area contributed by atoms with Crippen LogP contribution in [0, 0.1) is 5.41 Å². The molecule has 0 aromatic carbocycles. The zero-order valence-corrected chi connectivity index (χ0v) is 6.59. The Morgan fingerprint density at radius 1 is 1.62 bits per heavy atom. The maximum absolute atomic E-state index is 7.04. The van der Waals surface area contributed by atoms with E-state index >= 15 is 0 Å². The van der Waals surface area contributed by atoms with E-state index < -0.39 is 0 Å². The minimum Gasteiger partial charge on any atom is -0.288 e. The molecule has 0 aromatic heterocycles. The lowest BCUT2D eigenvalue weighted by Crippen LogP contribution is -1.64. The number of rotatable bonds is 0. The number of halogens is 1. The molecule has 1 aliphatic rings. The topological polar surface area (TPSA) is 23.9 Å². The second-order valence-electron chi connectivity index (χ2n) is 1.22. The van der Waals surface area contributed by atoms with Crippen molar-refractivity contribution in [3.8, 4) is 0 Å². The first-order valence-corrected chi connectivity index (χ1v) is 3.66. The first kappa shape index (κ1) is 8.40. The van der Waals surface area contributed by atoms with Crippen molar-refractivity contribution in [3.63, 3.8) is 0 Å². The van der Waals surface area contributed by atoms with Gasteiger partial charge in [-0.05, 0) is 4.91 Å². The Bertz CT molecular complexity index is 109. The second-order valence-corrected chi connectivity index (χ2v) is 3.65. The van der Waals surface area contributed by atoms with Gasteiger partial charge in [0.15, 0.2) is 0 Å². The smallest absolute Gasteiger partial charge is 0.126 e. The predicted molar refractivity (Wildman–Crippen MR) is 44.2 cm³/mol. The fourth-order valence-electron chi connectivity index (χ4n) is 0.336.